The average molecular weight is 261 g/mol. The second-order valence-electron chi connectivity index (χ2n) is 3.83. The molecule has 94 valence electrons. The van der Waals surface area contributed by atoms with Gasteiger partial charge in [-0.05, 0) is 37.6 Å². The Balaban J connectivity index is 2.16. The molecular weight excluding hydrogens is 246 g/mol. The summed E-state index contributed by atoms with van der Waals surface area (Å²) in [5.74, 6) is -0.249. The third-order valence-electron chi connectivity index (χ3n) is 2.42. The van der Waals surface area contributed by atoms with Crippen molar-refractivity contribution in [3.8, 4) is 0 Å². The van der Waals surface area contributed by atoms with E-state index < -0.39 is 0 Å². The van der Waals surface area contributed by atoms with E-state index in [1.807, 2.05) is 50.2 Å². The number of thiophene rings is 1. The number of carbonyl (C=O) groups is 1. The van der Waals surface area contributed by atoms with Gasteiger partial charge in [0.05, 0.1) is 11.6 Å². The average Bonchev–Trinajstić information content (AvgIpc) is 2.72. The number of anilines is 2. The van der Waals surface area contributed by atoms with Gasteiger partial charge >= 0.3 is 5.97 Å². The molecule has 0 saturated heterocycles. The van der Waals surface area contributed by atoms with Crippen molar-refractivity contribution in [3.63, 3.8) is 0 Å². The summed E-state index contributed by atoms with van der Waals surface area (Å²) in [6, 6.07) is 11.8. The highest BCUT2D eigenvalue weighted by atomic mass is 32.1. The first-order valence-corrected chi connectivity index (χ1v) is 6.62. The molecule has 1 N–H and O–H groups in total. The van der Waals surface area contributed by atoms with E-state index in [2.05, 4.69) is 5.32 Å². The second kappa shape index (κ2) is 5.69. The van der Waals surface area contributed by atoms with Gasteiger partial charge in [-0.2, -0.15) is 0 Å². The van der Waals surface area contributed by atoms with Crippen molar-refractivity contribution in [1.82, 2.24) is 0 Å². The van der Waals surface area contributed by atoms with Gasteiger partial charge in [0.25, 0.3) is 0 Å². The molecule has 18 heavy (non-hydrogen) atoms. The van der Waals surface area contributed by atoms with Crippen LogP contribution in [-0.2, 0) is 4.74 Å². The van der Waals surface area contributed by atoms with Crippen molar-refractivity contribution < 1.29 is 9.53 Å². The van der Waals surface area contributed by atoms with Crippen molar-refractivity contribution in [2.24, 2.45) is 0 Å². The van der Waals surface area contributed by atoms with Crippen LogP contribution in [0.25, 0.3) is 0 Å². The summed E-state index contributed by atoms with van der Waals surface area (Å²) in [6.07, 6.45) is 0. The van der Waals surface area contributed by atoms with Crippen LogP contribution in [0.5, 0.6) is 0 Å². The van der Waals surface area contributed by atoms with E-state index in [1.54, 1.807) is 0 Å². The second-order valence-corrected chi connectivity index (χ2v) is 4.89. The first kappa shape index (κ1) is 12.6. The van der Waals surface area contributed by atoms with E-state index in [9.17, 15) is 4.79 Å². The molecule has 4 heteroatoms. The zero-order chi connectivity index (χ0) is 13.0. The molecule has 0 aliphatic heterocycles. The van der Waals surface area contributed by atoms with Crippen LogP contribution >= 0.6 is 11.3 Å². The molecule has 0 spiro atoms. The largest absolute Gasteiger partial charge is 0.462 e. The number of benzene rings is 1. The summed E-state index contributed by atoms with van der Waals surface area (Å²) in [5, 5.41) is 4.22. The van der Waals surface area contributed by atoms with Crippen LogP contribution in [0.3, 0.4) is 0 Å². The van der Waals surface area contributed by atoms with Crippen molar-refractivity contribution in [1.29, 1.82) is 0 Å². The van der Waals surface area contributed by atoms with Crippen LogP contribution in [0.2, 0.25) is 0 Å². The van der Waals surface area contributed by atoms with Gasteiger partial charge in [-0.15, -0.1) is 11.3 Å². The van der Waals surface area contributed by atoms with Gasteiger partial charge in [-0.1, -0.05) is 18.2 Å². The lowest BCUT2D eigenvalue weighted by molar-refractivity contribution is 0.0531. The smallest absolute Gasteiger partial charge is 0.348 e. The number of esters is 1. The van der Waals surface area contributed by atoms with Gasteiger partial charge in [0.2, 0.25) is 0 Å². The summed E-state index contributed by atoms with van der Waals surface area (Å²) in [7, 11) is 0. The topological polar surface area (TPSA) is 38.3 Å². The lowest BCUT2D eigenvalue weighted by atomic mass is 10.3. The van der Waals surface area contributed by atoms with Crippen molar-refractivity contribution >= 4 is 28.0 Å². The first-order valence-electron chi connectivity index (χ1n) is 5.80. The van der Waals surface area contributed by atoms with Gasteiger partial charge in [-0.25, -0.2) is 4.79 Å². The molecule has 0 aliphatic rings. The first-order chi connectivity index (χ1) is 8.70. The summed E-state index contributed by atoms with van der Waals surface area (Å²) < 4.78 is 5.02. The monoisotopic (exact) mass is 261 g/mol. The molecule has 3 nitrogen and oxygen atoms in total. The molecule has 2 aromatic rings. The minimum Gasteiger partial charge on any atom is -0.462 e. The zero-order valence-electron chi connectivity index (χ0n) is 10.4. The Kier molecular flexibility index (Phi) is 3.99. The minimum atomic E-state index is -0.249. The Hall–Kier alpha value is -1.81. The Bertz CT molecular complexity index is 534. The molecule has 0 fully saturated rings. The van der Waals surface area contributed by atoms with E-state index in [1.165, 1.54) is 11.3 Å². The summed E-state index contributed by atoms with van der Waals surface area (Å²) >= 11 is 1.42. The van der Waals surface area contributed by atoms with Gasteiger partial charge in [-0.3, -0.25) is 0 Å². The minimum absolute atomic E-state index is 0.249. The van der Waals surface area contributed by atoms with E-state index in [0.717, 1.165) is 16.3 Å². The maximum Gasteiger partial charge on any atom is 0.348 e. The third kappa shape index (κ3) is 2.90. The van der Waals surface area contributed by atoms with Crippen LogP contribution in [-0.4, -0.2) is 12.6 Å². The van der Waals surface area contributed by atoms with Gasteiger partial charge in [0.1, 0.15) is 4.88 Å². The SMILES string of the molecule is CCOC(=O)c1sc(Nc2ccccc2)cc1C. The molecule has 1 heterocycles. The van der Waals surface area contributed by atoms with E-state index in [4.69, 9.17) is 4.74 Å². The van der Waals surface area contributed by atoms with Crippen LogP contribution < -0.4 is 5.32 Å². The highest BCUT2D eigenvalue weighted by molar-refractivity contribution is 7.18. The molecule has 1 aromatic heterocycles. The molecule has 0 aliphatic carbocycles. The molecule has 0 atom stereocenters. The highest BCUT2D eigenvalue weighted by Crippen LogP contribution is 2.29. The van der Waals surface area contributed by atoms with Crippen LogP contribution in [0.4, 0.5) is 10.7 Å². The number of para-hydroxylation sites is 1. The number of aryl methyl sites for hydroxylation is 1. The third-order valence-corrected chi connectivity index (χ3v) is 3.55. The van der Waals surface area contributed by atoms with Crippen LogP contribution in [0, 0.1) is 6.92 Å². The van der Waals surface area contributed by atoms with Gasteiger partial charge < -0.3 is 10.1 Å². The van der Waals surface area contributed by atoms with Crippen molar-refractivity contribution in [2.45, 2.75) is 13.8 Å². The molecule has 0 unspecified atom stereocenters. The van der Waals surface area contributed by atoms with Crippen LogP contribution in [0.1, 0.15) is 22.2 Å². The summed E-state index contributed by atoms with van der Waals surface area (Å²) in [4.78, 5) is 12.4. The lowest BCUT2D eigenvalue weighted by Crippen LogP contribution is -2.03. The molecule has 0 radical (unpaired) electrons. The standard InChI is InChI=1S/C14H15NO2S/c1-3-17-14(16)13-10(2)9-12(18-13)15-11-7-5-4-6-8-11/h4-9,15H,3H2,1-2H3. The van der Waals surface area contributed by atoms with Gasteiger partial charge in [0, 0.05) is 5.69 Å². The molecule has 2 rings (SSSR count). The lowest BCUT2D eigenvalue weighted by Gasteiger charge is -2.01. The fourth-order valence-corrected chi connectivity index (χ4v) is 2.59. The summed E-state index contributed by atoms with van der Waals surface area (Å²) in [5.41, 5.74) is 1.95. The predicted octanol–water partition coefficient (Wildman–Crippen LogP) is 3.98. The zero-order valence-corrected chi connectivity index (χ0v) is 11.2. The maximum atomic E-state index is 11.7. The molecule has 0 bridgehead atoms. The summed E-state index contributed by atoms with van der Waals surface area (Å²) in [6.45, 7) is 4.13. The quantitative estimate of drug-likeness (QED) is 0.846. The predicted molar refractivity (Wildman–Crippen MR) is 74.7 cm³/mol. The Morgan fingerprint density at radius 1 is 1.33 bits per heavy atom. The number of hydrogen-bond donors (Lipinski definition) is 1. The highest BCUT2D eigenvalue weighted by Gasteiger charge is 2.14. The van der Waals surface area contributed by atoms with Crippen molar-refractivity contribution in [2.75, 3.05) is 11.9 Å². The number of carbonyl (C=O) groups excluding carboxylic acids is 1. The molecular formula is C14H15NO2S. The Morgan fingerprint density at radius 2 is 2.06 bits per heavy atom. The fraction of sp³-hybridized carbons (Fsp3) is 0.214. The molecule has 1 aromatic carbocycles. The molecule has 0 amide bonds. The number of rotatable bonds is 4. The number of nitrogens with one attached hydrogen (secondary N) is 1. The Morgan fingerprint density at radius 3 is 2.72 bits per heavy atom. The van der Waals surface area contributed by atoms with Crippen molar-refractivity contribution in [3.05, 3.63) is 46.8 Å². The van der Waals surface area contributed by atoms with E-state index in [-0.39, 0.29) is 5.97 Å². The Labute approximate surface area is 110 Å². The van der Waals surface area contributed by atoms with Crippen LogP contribution in [0.15, 0.2) is 36.4 Å². The maximum absolute atomic E-state index is 11.7. The normalized spacial score (nSPS) is 10.1. The fourth-order valence-electron chi connectivity index (χ4n) is 1.61. The van der Waals surface area contributed by atoms with E-state index >= 15 is 0 Å². The van der Waals surface area contributed by atoms with Gasteiger partial charge in [0.15, 0.2) is 0 Å². The number of hydrogen-bond acceptors (Lipinski definition) is 4. The number of ether oxygens (including phenoxy) is 1. The molecule has 0 saturated carbocycles. The van der Waals surface area contributed by atoms with E-state index in [0.29, 0.717) is 11.5 Å².